The minimum atomic E-state index is -0.831. The Kier molecular flexibility index (Phi) is 5.75. The van der Waals surface area contributed by atoms with Gasteiger partial charge < -0.3 is 9.57 Å². The number of ether oxygens (including phenoxy) is 1. The van der Waals surface area contributed by atoms with Crippen molar-refractivity contribution in [3.63, 3.8) is 0 Å². The Balaban J connectivity index is 1.68. The first kappa shape index (κ1) is 15.3. The van der Waals surface area contributed by atoms with Crippen LogP contribution in [0.4, 0.5) is 4.79 Å². The second-order valence-corrected chi connectivity index (χ2v) is 4.27. The topological polar surface area (TPSA) is 64.6 Å². The van der Waals surface area contributed by atoms with Gasteiger partial charge in [0.05, 0.1) is 5.56 Å². The summed E-state index contributed by atoms with van der Waals surface area (Å²) in [5.74, 6) is -0.655. The number of carbonyl (C=O) groups is 2. The van der Waals surface area contributed by atoms with Crippen molar-refractivity contribution in [1.29, 1.82) is 0 Å². The first-order chi connectivity index (χ1) is 10.8. The molecule has 5 heteroatoms. The van der Waals surface area contributed by atoms with Gasteiger partial charge in [-0.3, -0.25) is 0 Å². The molecule has 2 aromatic carbocycles. The molecule has 0 spiro atoms. The average Bonchev–Trinajstić information content (AvgIpc) is 2.58. The number of carbonyl (C=O) groups excluding carboxylic acids is 2. The highest BCUT2D eigenvalue weighted by atomic mass is 16.7. The molecule has 0 radical (unpaired) electrons. The van der Waals surface area contributed by atoms with E-state index >= 15 is 0 Å². The van der Waals surface area contributed by atoms with Crippen molar-refractivity contribution < 1.29 is 19.2 Å². The van der Waals surface area contributed by atoms with Crippen molar-refractivity contribution in [2.75, 3.05) is 6.61 Å². The Morgan fingerprint density at radius 3 is 2.27 bits per heavy atom. The van der Waals surface area contributed by atoms with Crippen molar-refractivity contribution in [2.24, 2.45) is 0 Å². The highest BCUT2D eigenvalue weighted by molar-refractivity contribution is 5.89. The summed E-state index contributed by atoms with van der Waals surface area (Å²) in [5, 5.41) is 0. The van der Waals surface area contributed by atoms with Gasteiger partial charge in [0.15, 0.2) is 0 Å². The summed E-state index contributed by atoms with van der Waals surface area (Å²) in [7, 11) is 0. The molecule has 0 unspecified atom stereocenters. The van der Waals surface area contributed by atoms with Gasteiger partial charge in [-0.25, -0.2) is 9.59 Å². The van der Waals surface area contributed by atoms with Crippen LogP contribution in [0.3, 0.4) is 0 Å². The van der Waals surface area contributed by atoms with Crippen LogP contribution in [0.1, 0.15) is 15.9 Å². The highest BCUT2D eigenvalue weighted by Crippen LogP contribution is 2.01. The molecule has 0 saturated carbocycles. The van der Waals surface area contributed by atoms with Crippen molar-refractivity contribution in [1.82, 2.24) is 5.48 Å². The first-order valence-corrected chi connectivity index (χ1v) is 6.66. The van der Waals surface area contributed by atoms with E-state index in [0.717, 1.165) is 5.56 Å². The molecule has 0 aliphatic rings. The van der Waals surface area contributed by atoms with Crippen LogP contribution < -0.4 is 5.48 Å². The summed E-state index contributed by atoms with van der Waals surface area (Å²) < 4.78 is 4.84. The summed E-state index contributed by atoms with van der Waals surface area (Å²) in [6.45, 7) is 0.0730. The molecular weight excluding hydrogens is 282 g/mol. The van der Waals surface area contributed by atoms with E-state index in [1.807, 2.05) is 41.9 Å². The molecule has 0 bridgehead atoms. The standard InChI is InChI=1S/C17H15NO4/c19-16(15-11-5-2-6-12-15)22-18-17(20)21-13-7-10-14-8-3-1-4-9-14/h1-12H,13H2,(H,18,20)/b10-7+. The van der Waals surface area contributed by atoms with Gasteiger partial charge in [0.25, 0.3) is 0 Å². The van der Waals surface area contributed by atoms with E-state index in [1.165, 1.54) is 0 Å². The molecule has 0 aliphatic carbocycles. The molecule has 0 aliphatic heterocycles. The zero-order valence-corrected chi connectivity index (χ0v) is 11.8. The molecule has 0 heterocycles. The minimum Gasteiger partial charge on any atom is -0.443 e. The Morgan fingerprint density at radius 1 is 0.955 bits per heavy atom. The Bertz CT molecular complexity index is 638. The largest absolute Gasteiger partial charge is 0.443 e. The van der Waals surface area contributed by atoms with Crippen LogP contribution >= 0.6 is 0 Å². The van der Waals surface area contributed by atoms with E-state index in [2.05, 4.69) is 4.84 Å². The van der Waals surface area contributed by atoms with Gasteiger partial charge in [-0.1, -0.05) is 54.6 Å². The monoisotopic (exact) mass is 297 g/mol. The number of rotatable bonds is 4. The molecule has 2 aromatic rings. The fourth-order valence-corrected chi connectivity index (χ4v) is 1.62. The number of amides is 1. The van der Waals surface area contributed by atoms with Crippen LogP contribution in [-0.2, 0) is 9.57 Å². The lowest BCUT2D eigenvalue weighted by Gasteiger charge is -2.05. The first-order valence-electron chi connectivity index (χ1n) is 6.66. The van der Waals surface area contributed by atoms with E-state index < -0.39 is 12.1 Å². The predicted octanol–water partition coefficient (Wildman–Crippen LogP) is 3.20. The second-order valence-electron chi connectivity index (χ2n) is 4.27. The summed E-state index contributed by atoms with van der Waals surface area (Å²) in [6, 6.07) is 17.9. The van der Waals surface area contributed by atoms with Gasteiger partial charge in [-0.15, -0.1) is 5.48 Å². The molecule has 22 heavy (non-hydrogen) atoms. The van der Waals surface area contributed by atoms with E-state index in [1.54, 1.807) is 36.4 Å². The smallest absolute Gasteiger partial charge is 0.441 e. The zero-order valence-electron chi connectivity index (χ0n) is 11.8. The van der Waals surface area contributed by atoms with E-state index in [9.17, 15) is 9.59 Å². The summed E-state index contributed by atoms with van der Waals surface area (Å²) in [5.41, 5.74) is 3.28. The number of hydrogen-bond acceptors (Lipinski definition) is 4. The number of nitrogens with one attached hydrogen (secondary N) is 1. The molecule has 1 N–H and O–H groups in total. The Hall–Kier alpha value is -3.08. The van der Waals surface area contributed by atoms with Crippen molar-refractivity contribution in [3.05, 3.63) is 77.9 Å². The fourth-order valence-electron chi connectivity index (χ4n) is 1.62. The summed E-state index contributed by atoms with van der Waals surface area (Å²) >= 11 is 0. The Labute approximate surface area is 128 Å². The quantitative estimate of drug-likeness (QED) is 0.880. The maximum Gasteiger partial charge on any atom is 0.441 e. The van der Waals surface area contributed by atoms with Gasteiger partial charge in [0.2, 0.25) is 0 Å². The van der Waals surface area contributed by atoms with Crippen LogP contribution in [0, 0.1) is 0 Å². The third kappa shape index (κ3) is 5.13. The van der Waals surface area contributed by atoms with Crippen LogP contribution in [0.5, 0.6) is 0 Å². The minimum absolute atomic E-state index is 0.0730. The molecule has 0 atom stereocenters. The molecule has 2 rings (SSSR count). The average molecular weight is 297 g/mol. The molecule has 5 nitrogen and oxygen atoms in total. The molecule has 0 aromatic heterocycles. The summed E-state index contributed by atoms with van der Waals surface area (Å²) in [6.07, 6.45) is 2.68. The lowest BCUT2D eigenvalue weighted by atomic mass is 10.2. The second kappa shape index (κ2) is 8.26. The maximum atomic E-state index is 11.6. The number of benzene rings is 2. The zero-order chi connectivity index (χ0) is 15.6. The van der Waals surface area contributed by atoms with Crippen molar-refractivity contribution in [3.8, 4) is 0 Å². The molecular formula is C17H15NO4. The third-order valence-electron chi connectivity index (χ3n) is 2.66. The van der Waals surface area contributed by atoms with Crippen LogP contribution in [0.15, 0.2) is 66.7 Å². The van der Waals surface area contributed by atoms with Crippen LogP contribution in [0.2, 0.25) is 0 Å². The number of hydrogen-bond donors (Lipinski definition) is 1. The molecule has 1 amide bonds. The highest BCUT2D eigenvalue weighted by Gasteiger charge is 2.09. The van der Waals surface area contributed by atoms with Gasteiger partial charge in [-0.05, 0) is 23.8 Å². The van der Waals surface area contributed by atoms with Gasteiger partial charge in [-0.2, -0.15) is 0 Å². The lowest BCUT2D eigenvalue weighted by Crippen LogP contribution is -2.27. The van der Waals surface area contributed by atoms with E-state index in [-0.39, 0.29) is 6.61 Å². The Morgan fingerprint density at radius 2 is 1.59 bits per heavy atom. The van der Waals surface area contributed by atoms with Crippen molar-refractivity contribution >= 4 is 18.1 Å². The molecule has 0 saturated heterocycles. The van der Waals surface area contributed by atoms with E-state index in [0.29, 0.717) is 5.56 Å². The molecule has 0 fully saturated rings. The fraction of sp³-hybridized carbons (Fsp3) is 0.0588. The molecule has 112 valence electrons. The van der Waals surface area contributed by atoms with Gasteiger partial charge >= 0.3 is 12.1 Å². The maximum absolute atomic E-state index is 11.6. The van der Waals surface area contributed by atoms with E-state index in [4.69, 9.17) is 4.74 Å². The van der Waals surface area contributed by atoms with Crippen LogP contribution in [0.25, 0.3) is 6.08 Å². The van der Waals surface area contributed by atoms with Crippen molar-refractivity contribution in [2.45, 2.75) is 0 Å². The summed E-state index contributed by atoms with van der Waals surface area (Å²) in [4.78, 5) is 27.5. The van der Waals surface area contributed by atoms with Gasteiger partial charge in [0.1, 0.15) is 6.61 Å². The lowest BCUT2D eigenvalue weighted by molar-refractivity contribution is 0.0223. The van der Waals surface area contributed by atoms with Gasteiger partial charge in [0, 0.05) is 0 Å². The SMILES string of the molecule is O=C(NOC(=O)c1ccccc1)OC/C=C/c1ccccc1. The predicted molar refractivity (Wildman–Crippen MR) is 81.8 cm³/mol. The van der Waals surface area contributed by atoms with Crippen LogP contribution in [-0.4, -0.2) is 18.7 Å². The normalized spacial score (nSPS) is 10.2. The number of hydroxylamine groups is 1. The third-order valence-corrected chi connectivity index (χ3v) is 2.66.